The van der Waals surface area contributed by atoms with Crippen LogP contribution in [0.5, 0.6) is 0 Å². The van der Waals surface area contributed by atoms with Gasteiger partial charge in [-0.2, -0.15) is 0 Å². The molecule has 0 amide bonds. The molecule has 0 aliphatic heterocycles. The summed E-state index contributed by atoms with van der Waals surface area (Å²) in [7, 11) is -3.54. The monoisotopic (exact) mass is 370 g/mol. The molecule has 0 saturated heterocycles. The average molecular weight is 371 g/mol. The molecule has 1 aromatic carbocycles. The van der Waals surface area contributed by atoms with Crippen LogP contribution < -0.4 is 4.72 Å². The van der Waals surface area contributed by atoms with Crippen LogP contribution in [0.15, 0.2) is 35.4 Å². The Morgan fingerprint density at radius 3 is 2.81 bits per heavy atom. The van der Waals surface area contributed by atoms with E-state index in [4.69, 9.17) is 0 Å². The number of fused-ring (bicyclic) bond motifs is 1. The molecule has 6 heteroatoms. The Morgan fingerprint density at radius 2 is 2.10 bits per heavy atom. The van der Waals surface area contributed by atoms with Crippen LogP contribution >= 0.6 is 15.9 Å². The third kappa shape index (κ3) is 3.81. The van der Waals surface area contributed by atoms with Crippen molar-refractivity contribution in [3.8, 4) is 0 Å². The van der Waals surface area contributed by atoms with Gasteiger partial charge >= 0.3 is 0 Å². The summed E-state index contributed by atoms with van der Waals surface area (Å²) in [6, 6.07) is 6.99. The summed E-state index contributed by atoms with van der Waals surface area (Å²) in [5, 5.41) is 0.659. The molecule has 1 heterocycles. The number of hydrogen-bond donors (Lipinski definition) is 1. The van der Waals surface area contributed by atoms with Gasteiger partial charge in [-0.15, -0.1) is 0 Å². The minimum atomic E-state index is -3.54. The van der Waals surface area contributed by atoms with Crippen LogP contribution in [0.2, 0.25) is 0 Å². The standard InChI is InChI=1S/C15H19BrN2O2S/c1-3-5-12(16)10-18-21(19,20)14-8-7-11(2)15-13(14)6-4-9-17-15/h4,6-9,12,18H,3,5,10H2,1-2H3. The SMILES string of the molecule is CCCC(Br)CNS(=O)(=O)c1ccc(C)c2ncccc12. The Bertz CT molecular complexity index is 732. The van der Waals surface area contributed by atoms with Crippen molar-refractivity contribution in [2.24, 2.45) is 0 Å². The van der Waals surface area contributed by atoms with E-state index in [1.54, 1.807) is 30.5 Å². The summed E-state index contributed by atoms with van der Waals surface area (Å²) in [4.78, 5) is 4.71. The highest BCUT2D eigenvalue weighted by molar-refractivity contribution is 9.09. The maximum absolute atomic E-state index is 12.5. The number of nitrogens with one attached hydrogen (secondary N) is 1. The second-order valence-corrected chi connectivity index (χ2v) is 8.05. The number of aromatic nitrogens is 1. The van der Waals surface area contributed by atoms with E-state index in [1.807, 2.05) is 6.92 Å². The molecule has 0 fully saturated rings. The van der Waals surface area contributed by atoms with Crippen LogP contribution in [-0.4, -0.2) is 24.8 Å². The van der Waals surface area contributed by atoms with E-state index < -0.39 is 10.0 Å². The molecule has 0 spiro atoms. The van der Waals surface area contributed by atoms with Crippen molar-refractivity contribution >= 4 is 36.9 Å². The molecule has 1 aromatic heterocycles. The van der Waals surface area contributed by atoms with Crippen LogP contribution in [0.3, 0.4) is 0 Å². The van der Waals surface area contributed by atoms with Crippen molar-refractivity contribution in [2.45, 2.75) is 36.4 Å². The Labute approximate surface area is 134 Å². The predicted molar refractivity (Wildman–Crippen MR) is 89.3 cm³/mol. The molecule has 0 saturated carbocycles. The van der Waals surface area contributed by atoms with Gasteiger partial charge in [-0.3, -0.25) is 4.98 Å². The van der Waals surface area contributed by atoms with Gasteiger partial charge < -0.3 is 0 Å². The third-order valence-corrected chi connectivity index (χ3v) is 5.58. The molecule has 1 atom stereocenters. The maximum Gasteiger partial charge on any atom is 0.241 e. The van der Waals surface area contributed by atoms with Gasteiger partial charge in [0.05, 0.1) is 10.4 Å². The maximum atomic E-state index is 12.5. The van der Waals surface area contributed by atoms with Crippen molar-refractivity contribution < 1.29 is 8.42 Å². The molecular weight excluding hydrogens is 352 g/mol. The van der Waals surface area contributed by atoms with Gasteiger partial charge in [0.25, 0.3) is 0 Å². The van der Waals surface area contributed by atoms with Crippen molar-refractivity contribution in [1.82, 2.24) is 9.71 Å². The first-order chi connectivity index (χ1) is 9.95. The fourth-order valence-corrected chi connectivity index (χ4v) is 4.33. The van der Waals surface area contributed by atoms with E-state index in [0.29, 0.717) is 11.9 Å². The molecule has 0 radical (unpaired) electrons. The summed E-state index contributed by atoms with van der Waals surface area (Å²) in [6.45, 7) is 4.38. The molecule has 2 aromatic rings. The van der Waals surface area contributed by atoms with Crippen molar-refractivity contribution in [3.63, 3.8) is 0 Å². The number of sulfonamides is 1. The molecule has 0 bridgehead atoms. The fourth-order valence-electron chi connectivity index (χ4n) is 2.22. The van der Waals surface area contributed by atoms with Crippen molar-refractivity contribution in [2.75, 3.05) is 6.54 Å². The zero-order valence-electron chi connectivity index (χ0n) is 12.1. The smallest absolute Gasteiger partial charge is 0.241 e. The zero-order valence-corrected chi connectivity index (χ0v) is 14.5. The van der Waals surface area contributed by atoms with Gasteiger partial charge in [0.2, 0.25) is 10.0 Å². The number of pyridine rings is 1. The van der Waals surface area contributed by atoms with Crippen molar-refractivity contribution in [1.29, 1.82) is 0 Å². The Balaban J connectivity index is 2.35. The zero-order chi connectivity index (χ0) is 15.5. The number of hydrogen-bond acceptors (Lipinski definition) is 3. The lowest BCUT2D eigenvalue weighted by molar-refractivity contribution is 0.579. The second-order valence-electron chi connectivity index (χ2n) is 5.02. The van der Waals surface area contributed by atoms with Crippen LogP contribution in [-0.2, 0) is 10.0 Å². The number of alkyl halides is 1. The summed E-state index contributed by atoms with van der Waals surface area (Å²) < 4.78 is 27.7. The molecule has 4 nitrogen and oxygen atoms in total. The van der Waals surface area contributed by atoms with E-state index in [1.165, 1.54) is 0 Å². The van der Waals surface area contributed by atoms with Crippen molar-refractivity contribution in [3.05, 3.63) is 36.0 Å². The first kappa shape index (κ1) is 16.4. The van der Waals surface area contributed by atoms with E-state index in [2.05, 4.69) is 32.6 Å². The van der Waals surface area contributed by atoms with Crippen LogP contribution in [0.1, 0.15) is 25.3 Å². The minimum absolute atomic E-state index is 0.145. The van der Waals surface area contributed by atoms with E-state index in [9.17, 15) is 8.42 Å². The van der Waals surface area contributed by atoms with Gasteiger partial charge in [0, 0.05) is 23.0 Å². The molecular formula is C15H19BrN2O2S. The summed E-state index contributed by atoms with van der Waals surface area (Å²) in [5.41, 5.74) is 1.69. The van der Waals surface area contributed by atoms with E-state index in [0.717, 1.165) is 23.9 Å². The molecule has 1 unspecified atom stereocenters. The predicted octanol–water partition coefficient (Wildman–Crippen LogP) is 3.39. The number of rotatable bonds is 6. The van der Waals surface area contributed by atoms with Crippen LogP contribution in [0.4, 0.5) is 0 Å². The lowest BCUT2D eigenvalue weighted by atomic mass is 10.1. The number of aryl methyl sites for hydroxylation is 1. The molecule has 114 valence electrons. The average Bonchev–Trinajstić information content (AvgIpc) is 2.46. The third-order valence-electron chi connectivity index (χ3n) is 3.32. The number of halogens is 1. The topological polar surface area (TPSA) is 59.1 Å². The molecule has 2 rings (SSSR count). The first-order valence-corrected chi connectivity index (χ1v) is 9.33. The van der Waals surface area contributed by atoms with Crippen LogP contribution in [0.25, 0.3) is 10.9 Å². The Hall–Kier alpha value is -0.980. The minimum Gasteiger partial charge on any atom is -0.256 e. The Morgan fingerprint density at radius 1 is 1.33 bits per heavy atom. The normalized spacial score (nSPS) is 13.5. The molecule has 0 aliphatic carbocycles. The summed E-state index contributed by atoms with van der Waals surface area (Å²) in [5.74, 6) is 0. The first-order valence-electron chi connectivity index (χ1n) is 6.93. The molecule has 0 aliphatic rings. The van der Waals surface area contributed by atoms with Gasteiger partial charge in [0.1, 0.15) is 0 Å². The van der Waals surface area contributed by atoms with E-state index in [-0.39, 0.29) is 9.72 Å². The van der Waals surface area contributed by atoms with Gasteiger partial charge in [-0.25, -0.2) is 13.1 Å². The highest BCUT2D eigenvalue weighted by Crippen LogP contribution is 2.24. The lowest BCUT2D eigenvalue weighted by Crippen LogP contribution is -2.29. The molecule has 21 heavy (non-hydrogen) atoms. The number of benzene rings is 1. The quantitative estimate of drug-likeness (QED) is 0.792. The fraction of sp³-hybridized carbons (Fsp3) is 0.400. The van der Waals surface area contributed by atoms with Gasteiger partial charge in [-0.1, -0.05) is 35.3 Å². The lowest BCUT2D eigenvalue weighted by Gasteiger charge is -2.13. The van der Waals surface area contributed by atoms with E-state index >= 15 is 0 Å². The second kappa shape index (κ2) is 6.85. The highest BCUT2D eigenvalue weighted by atomic mass is 79.9. The van der Waals surface area contributed by atoms with Gasteiger partial charge in [0.15, 0.2) is 0 Å². The Kier molecular flexibility index (Phi) is 5.35. The largest absolute Gasteiger partial charge is 0.256 e. The van der Waals surface area contributed by atoms with Crippen LogP contribution in [0, 0.1) is 6.92 Å². The summed E-state index contributed by atoms with van der Waals surface area (Å²) >= 11 is 3.49. The molecule has 1 N–H and O–H groups in total. The highest BCUT2D eigenvalue weighted by Gasteiger charge is 2.19. The summed E-state index contributed by atoms with van der Waals surface area (Å²) in [6.07, 6.45) is 3.61. The van der Waals surface area contributed by atoms with Gasteiger partial charge in [-0.05, 0) is 37.1 Å². The number of nitrogens with zero attached hydrogens (tertiary/aromatic N) is 1.